The summed E-state index contributed by atoms with van der Waals surface area (Å²) in [6.45, 7) is 0. The molecule has 0 aliphatic carbocycles. The third-order valence-corrected chi connectivity index (χ3v) is 3.53. The van der Waals surface area contributed by atoms with Crippen molar-refractivity contribution in [1.82, 2.24) is 14.6 Å². The van der Waals surface area contributed by atoms with Gasteiger partial charge in [-0.05, 0) is 23.8 Å². The molecule has 2 aromatic heterocycles. The van der Waals surface area contributed by atoms with E-state index in [1.165, 1.54) is 22.1 Å². The molecular formula is C12H9N3O2S. The summed E-state index contributed by atoms with van der Waals surface area (Å²) in [5.74, 6) is 0.791. The number of fused-ring (bicyclic) bond motifs is 1. The molecule has 0 spiro atoms. The van der Waals surface area contributed by atoms with E-state index in [1.807, 2.05) is 30.3 Å². The number of benzene rings is 1. The van der Waals surface area contributed by atoms with Gasteiger partial charge in [0.25, 0.3) is 5.56 Å². The van der Waals surface area contributed by atoms with Crippen LogP contribution in [0.3, 0.4) is 0 Å². The predicted octanol–water partition coefficient (Wildman–Crippen LogP) is 0.707. The Hall–Kier alpha value is -2.21. The van der Waals surface area contributed by atoms with E-state index < -0.39 is 0 Å². The Morgan fingerprint density at radius 1 is 1.33 bits per heavy atom. The lowest BCUT2D eigenvalue weighted by molar-refractivity contribution is 0.415. The number of aromatic nitrogens is 3. The highest BCUT2D eigenvalue weighted by Crippen LogP contribution is 2.11. The van der Waals surface area contributed by atoms with Gasteiger partial charge in [0.2, 0.25) is 4.96 Å². The fourth-order valence-corrected chi connectivity index (χ4v) is 2.53. The molecule has 0 radical (unpaired) electrons. The Bertz CT molecular complexity index is 789. The molecule has 3 aromatic rings. The van der Waals surface area contributed by atoms with Crippen molar-refractivity contribution in [1.29, 1.82) is 0 Å². The van der Waals surface area contributed by atoms with Crippen molar-refractivity contribution in [2.45, 2.75) is 0 Å². The first kappa shape index (κ1) is 10.9. The molecule has 90 valence electrons. The van der Waals surface area contributed by atoms with Gasteiger partial charge in [0.05, 0.1) is 11.6 Å². The third kappa shape index (κ3) is 1.76. The zero-order chi connectivity index (χ0) is 12.5. The maximum atomic E-state index is 12.0. The van der Waals surface area contributed by atoms with Crippen LogP contribution in [0.25, 0.3) is 11.0 Å². The van der Waals surface area contributed by atoms with E-state index in [0.717, 1.165) is 11.3 Å². The quantitative estimate of drug-likeness (QED) is 0.680. The van der Waals surface area contributed by atoms with Crippen LogP contribution in [-0.4, -0.2) is 21.7 Å². The van der Waals surface area contributed by atoms with Crippen LogP contribution in [0, 0.1) is 0 Å². The average Bonchev–Trinajstić information content (AvgIpc) is 2.95. The van der Waals surface area contributed by atoms with Gasteiger partial charge in [0.1, 0.15) is 12.1 Å². The molecule has 6 heteroatoms. The first-order valence-electron chi connectivity index (χ1n) is 5.26. The second-order valence-corrected chi connectivity index (χ2v) is 4.68. The van der Waals surface area contributed by atoms with E-state index in [1.54, 1.807) is 7.11 Å². The molecule has 0 N–H and O–H groups in total. The maximum Gasteiger partial charge on any atom is 0.275 e. The molecular weight excluding hydrogens is 250 g/mol. The second-order valence-electron chi connectivity index (χ2n) is 3.67. The van der Waals surface area contributed by atoms with Gasteiger partial charge in [-0.15, -0.1) is 10.2 Å². The van der Waals surface area contributed by atoms with Gasteiger partial charge in [-0.1, -0.05) is 23.5 Å². The smallest absolute Gasteiger partial charge is 0.275 e. The molecule has 0 saturated heterocycles. The van der Waals surface area contributed by atoms with Crippen LogP contribution in [0.1, 0.15) is 5.56 Å². The molecule has 18 heavy (non-hydrogen) atoms. The van der Waals surface area contributed by atoms with Gasteiger partial charge in [0.15, 0.2) is 0 Å². The number of nitrogens with zero attached hydrogens (tertiary/aromatic N) is 3. The Labute approximate surface area is 106 Å². The summed E-state index contributed by atoms with van der Waals surface area (Å²) in [4.78, 5) is 12.6. The van der Waals surface area contributed by atoms with Crippen molar-refractivity contribution in [2.75, 3.05) is 7.11 Å². The first-order chi connectivity index (χ1) is 8.78. The van der Waals surface area contributed by atoms with E-state index >= 15 is 0 Å². The Morgan fingerprint density at radius 3 is 2.78 bits per heavy atom. The zero-order valence-corrected chi connectivity index (χ0v) is 10.3. The van der Waals surface area contributed by atoms with Crippen LogP contribution in [0.2, 0.25) is 0 Å². The number of hydrogen-bond donors (Lipinski definition) is 0. The summed E-state index contributed by atoms with van der Waals surface area (Å²) in [5, 5.41) is 7.55. The minimum Gasteiger partial charge on any atom is -0.497 e. The highest BCUT2D eigenvalue weighted by atomic mass is 32.1. The summed E-state index contributed by atoms with van der Waals surface area (Å²) in [6, 6.07) is 7.52. The van der Waals surface area contributed by atoms with Crippen molar-refractivity contribution in [3.8, 4) is 5.75 Å². The van der Waals surface area contributed by atoms with Crippen LogP contribution in [-0.2, 0) is 0 Å². The van der Waals surface area contributed by atoms with Crippen LogP contribution < -0.4 is 14.8 Å². The highest BCUT2D eigenvalue weighted by molar-refractivity contribution is 7.15. The van der Waals surface area contributed by atoms with E-state index in [9.17, 15) is 4.79 Å². The number of thiazole rings is 1. The van der Waals surface area contributed by atoms with E-state index in [-0.39, 0.29) is 5.56 Å². The normalized spacial score (nSPS) is 12.2. The SMILES string of the molecule is COc1ccc(/C=c2/sc3nncn3c2=O)cc1. The zero-order valence-electron chi connectivity index (χ0n) is 9.53. The fourth-order valence-electron chi connectivity index (χ4n) is 1.64. The van der Waals surface area contributed by atoms with Crippen molar-refractivity contribution in [3.05, 3.63) is 51.0 Å². The molecule has 2 heterocycles. The third-order valence-electron chi connectivity index (χ3n) is 2.56. The van der Waals surface area contributed by atoms with Gasteiger partial charge in [-0.25, -0.2) is 4.40 Å². The van der Waals surface area contributed by atoms with Gasteiger partial charge >= 0.3 is 0 Å². The predicted molar refractivity (Wildman–Crippen MR) is 68.9 cm³/mol. The second kappa shape index (κ2) is 4.23. The standard InChI is InChI=1S/C12H9N3O2S/c1-17-9-4-2-8(3-5-9)6-10-11(16)15-7-13-14-12(15)18-10/h2-7H,1H3/b10-6+. The van der Waals surface area contributed by atoms with Crippen molar-refractivity contribution in [2.24, 2.45) is 0 Å². The van der Waals surface area contributed by atoms with Crippen molar-refractivity contribution >= 4 is 22.4 Å². The monoisotopic (exact) mass is 259 g/mol. The lowest BCUT2D eigenvalue weighted by Gasteiger charge is -1.98. The molecule has 0 fully saturated rings. The van der Waals surface area contributed by atoms with Crippen LogP contribution in [0.4, 0.5) is 0 Å². The highest BCUT2D eigenvalue weighted by Gasteiger charge is 2.04. The van der Waals surface area contributed by atoms with Gasteiger partial charge < -0.3 is 4.74 Å². The molecule has 0 saturated carbocycles. The Morgan fingerprint density at radius 2 is 2.11 bits per heavy atom. The minimum absolute atomic E-state index is 0.0872. The minimum atomic E-state index is -0.0872. The molecule has 0 unspecified atom stereocenters. The number of rotatable bonds is 2. The molecule has 0 aliphatic rings. The van der Waals surface area contributed by atoms with Crippen molar-refractivity contribution < 1.29 is 4.74 Å². The number of ether oxygens (including phenoxy) is 1. The maximum absolute atomic E-state index is 12.0. The number of methoxy groups -OCH3 is 1. The topological polar surface area (TPSA) is 56.5 Å². The van der Waals surface area contributed by atoms with Crippen LogP contribution >= 0.6 is 11.3 Å². The summed E-state index contributed by atoms with van der Waals surface area (Å²) < 4.78 is 7.17. The van der Waals surface area contributed by atoms with Crippen LogP contribution in [0.15, 0.2) is 35.4 Å². The van der Waals surface area contributed by atoms with E-state index in [4.69, 9.17) is 4.74 Å². The molecule has 0 bridgehead atoms. The number of hydrogen-bond acceptors (Lipinski definition) is 5. The fraction of sp³-hybridized carbons (Fsp3) is 0.0833. The molecule has 5 nitrogen and oxygen atoms in total. The van der Waals surface area contributed by atoms with Gasteiger partial charge in [-0.3, -0.25) is 4.79 Å². The van der Waals surface area contributed by atoms with Crippen molar-refractivity contribution in [3.63, 3.8) is 0 Å². The summed E-state index contributed by atoms with van der Waals surface area (Å²) in [6.07, 6.45) is 3.26. The summed E-state index contributed by atoms with van der Waals surface area (Å²) in [7, 11) is 1.62. The molecule has 3 rings (SSSR count). The summed E-state index contributed by atoms with van der Waals surface area (Å²) >= 11 is 1.33. The van der Waals surface area contributed by atoms with Gasteiger partial charge in [-0.2, -0.15) is 0 Å². The van der Waals surface area contributed by atoms with Gasteiger partial charge in [0, 0.05) is 0 Å². The van der Waals surface area contributed by atoms with Crippen LogP contribution in [0.5, 0.6) is 5.75 Å². The molecule has 0 atom stereocenters. The van der Waals surface area contributed by atoms with E-state index in [0.29, 0.717) is 9.49 Å². The van der Waals surface area contributed by atoms with E-state index in [2.05, 4.69) is 10.2 Å². The lowest BCUT2D eigenvalue weighted by atomic mass is 10.2. The Kier molecular flexibility index (Phi) is 2.56. The average molecular weight is 259 g/mol. The summed E-state index contributed by atoms with van der Waals surface area (Å²) in [5.41, 5.74) is 0.862. The lowest BCUT2D eigenvalue weighted by Crippen LogP contribution is -2.22. The first-order valence-corrected chi connectivity index (χ1v) is 6.08. The Balaban J connectivity index is 2.12. The molecule has 0 aliphatic heterocycles. The molecule has 0 amide bonds. The molecule has 1 aromatic carbocycles. The largest absolute Gasteiger partial charge is 0.497 e.